The van der Waals surface area contributed by atoms with E-state index in [0.29, 0.717) is 32.0 Å². The molecule has 110 valence electrons. The summed E-state index contributed by atoms with van der Waals surface area (Å²) in [6.45, 7) is 3.58. The number of alkyl halides is 3. The lowest BCUT2D eigenvalue weighted by molar-refractivity contribution is -0.137. The second-order valence-electron chi connectivity index (χ2n) is 4.50. The number of hydrogen-bond donors (Lipinski definition) is 0. The Hall–Kier alpha value is -1.50. The van der Waals surface area contributed by atoms with Gasteiger partial charge in [0.1, 0.15) is 11.0 Å². The molecular formula is C12H13ClF3N3O. The number of amides is 1. The van der Waals surface area contributed by atoms with Crippen LogP contribution < -0.4 is 4.90 Å². The molecule has 1 aliphatic heterocycles. The maximum atomic E-state index is 12.6. The molecule has 0 radical (unpaired) electrons. The first-order chi connectivity index (χ1) is 9.29. The van der Waals surface area contributed by atoms with Crippen molar-refractivity contribution in [3.63, 3.8) is 0 Å². The van der Waals surface area contributed by atoms with Crippen molar-refractivity contribution >= 4 is 23.3 Å². The highest BCUT2D eigenvalue weighted by atomic mass is 35.5. The van der Waals surface area contributed by atoms with E-state index in [-0.39, 0.29) is 5.91 Å². The van der Waals surface area contributed by atoms with Crippen molar-refractivity contribution in [3.05, 3.63) is 22.8 Å². The molecule has 1 amide bonds. The van der Waals surface area contributed by atoms with Gasteiger partial charge in [0.15, 0.2) is 0 Å². The van der Waals surface area contributed by atoms with Crippen LogP contribution in [-0.2, 0) is 11.0 Å². The predicted octanol–water partition coefficient (Wildman–Crippen LogP) is 2.42. The third kappa shape index (κ3) is 3.15. The molecule has 0 N–H and O–H groups in total. The van der Waals surface area contributed by atoms with Gasteiger partial charge in [-0.2, -0.15) is 13.2 Å². The molecule has 0 aliphatic carbocycles. The van der Waals surface area contributed by atoms with Crippen LogP contribution in [0.25, 0.3) is 0 Å². The maximum absolute atomic E-state index is 12.6. The number of nitrogens with zero attached hydrogens (tertiary/aromatic N) is 3. The number of rotatable bonds is 1. The van der Waals surface area contributed by atoms with E-state index < -0.39 is 16.9 Å². The first kappa shape index (κ1) is 14.9. The van der Waals surface area contributed by atoms with E-state index in [1.807, 2.05) is 4.90 Å². The minimum absolute atomic E-state index is 0.0111. The Balaban J connectivity index is 2.12. The third-order valence-electron chi connectivity index (χ3n) is 3.19. The SMILES string of the molecule is CC(=O)N1CCN(c2ccc(C(F)(F)F)c(Cl)n2)CC1. The Bertz CT molecular complexity index is 513. The molecule has 2 rings (SSSR count). The lowest BCUT2D eigenvalue weighted by Crippen LogP contribution is -2.48. The highest BCUT2D eigenvalue weighted by Gasteiger charge is 2.34. The van der Waals surface area contributed by atoms with Gasteiger partial charge in [0.05, 0.1) is 5.56 Å². The largest absolute Gasteiger partial charge is 0.419 e. The molecule has 4 nitrogen and oxygen atoms in total. The molecule has 1 aliphatic rings. The minimum Gasteiger partial charge on any atom is -0.353 e. The van der Waals surface area contributed by atoms with Gasteiger partial charge in [-0.1, -0.05) is 11.6 Å². The average Bonchev–Trinajstić information content (AvgIpc) is 2.37. The Kier molecular flexibility index (Phi) is 4.08. The number of piperazine rings is 1. The van der Waals surface area contributed by atoms with Gasteiger partial charge in [-0.05, 0) is 12.1 Å². The zero-order valence-corrected chi connectivity index (χ0v) is 11.5. The number of halogens is 4. The molecular weight excluding hydrogens is 295 g/mol. The molecule has 1 aromatic rings. The van der Waals surface area contributed by atoms with Gasteiger partial charge >= 0.3 is 6.18 Å². The van der Waals surface area contributed by atoms with Crippen LogP contribution in [0.1, 0.15) is 12.5 Å². The van der Waals surface area contributed by atoms with Crippen molar-refractivity contribution in [2.75, 3.05) is 31.1 Å². The topological polar surface area (TPSA) is 36.4 Å². The summed E-state index contributed by atoms with van der Waals surface area (Å²) in [5.41, 5.74) is -0.940. The van der Waals surface area contributed by atoms with Gasteiger partial charge < -0.3 is 9.80 Å². The summed E-state index contributed by atoms with van der Waals surface area (Å²) in [6.07, 6.45) is -4.50. The van der Waals surface area contributed by atoms with Crippen LogP contribution in [0, 0.1) is 0 Å². The van der Waals surface area contributed by atoms with Gasteiger partial charge in [-0.15, -0.1) is 0 Å². The lowest BCUT2D eigenvalue weighted by Gasteiger charge is -2.35. The van der Waals surface area contributed by atoms with Gasteiger partial charge in [0.25, 0.3) is 0 Å². The summed E-state index contributed by atoms with van der Waals surface area (Å²) >= 11 is 5.59. The summed E-state index contributed by atoms with van der Waals surface area (Å²) in [4.78, 5) is 18.5. The van der Waals surface area contributed by atoms with Crippen LogP contribution in [0.3, 0.4) is 0 Å². The van der Waals surface area contributed by atoms with Gasteiger partial charge in [-0.3, -0.25) is 4.79 Å². The van der Waals surface area contributed by atoms with Crippen molar-refractivity contribution in [2.45, 2.75) is 13.1 Å². The lowest BCUT2D eigenvalue weighted by atomic mass is 10.2. The fourth-order valence-electron chi connectivity index (χ4n) is 2.06. The highest BCUT2D eigenvalue weighted by molar-refractivity contribution is 6.30. The normalized spacial score (nSPS) is 16.4. The minimum atomic E-state index is -4.50. The Morgan fingerprint density at radius 2 is 1.85 bits per heavy atom. The average molecular weight is 308 g/mol. The van der Waals surface area contributed by atoms with Crippen LogP contribution in [0.15, 0.2) is 12.1 Å². The van der Waals surface area contributed by atoms with E-state index in [0.717, 1.165) is 6.07 Å². The number of anilines is 1. The van der Waals surface area contributed by atoms with Gasteiger partial charge in [0.2, 0.25) is 5.91 Å². The first-order valence-electron chi connectivity index (χ1n) is 6.03. The molecule has 1 fully saturated rings. The summed E-state index contributed by atoms with van der Waals surface area (Å²) < 4.78 is 37.7. The molecule has 1 saturated heterocycles. The second kappa shape index (κ2) is 5.47. The third-order valence-corrected chi connectivity index (χ3v) is 3.48. The Morgan fingerprint density at radius 3 is 2.30 bits per heavy atom. The molecule has 0 atom stereocenters. The van der Waals surface area contributed by atoms with Crippen LogP contribution in [0.4, 0.5) is 19.0 Å². The smallest absolute Gasteiger partial charge is 0.353 e. The number of carbonyl (C=O) groups is 1. The molecule has 0 bridgehead atoms. The van der Waals surface area contributed by atoms with E-state index in [4.69, 9.17) is 11.6 Å². The number of hydrogen-bond acceptors (Lipinski definition) is 3. The van der Waals surface area contributed by atoms with Crippen molar-refractivity contribution in [1.82, 2.24) is 9.88 Å². The van der Waals surface area contributed by atoms with E-state index >= 15 is 0 Å². The van der Waals surface area contributed by atoms with Crippen LogP contribution in [-0.4, -0.2) is 42.0 Å². The molecule has 0 unspecified atom stereocenters. The van der Waals surface area contributed by atoms with Crippen molar-refractivity contribution in [1.29, 1.82) is 0 Å². The standard InChI is InChI=1S/C12H13ClF3N3O/c1-8(20)18-4-6-19(7-5-18)10-3-2-9(11(13)17-10)12(14,15)16/h2-3H,4-7H2,1H3. The van der Waals surface area contributed by atoms with E-state index in [1.165, 1.54) is 13.0 Å². The summed E-state index contributed by atoms with van der Waals surface area (Å²) in [7, 11) is 0. The van der Waals surface area contributed by atoms with E-state index in [2.05, 4.69) is 4.98 Å². The zero-order chi connectivity index (χ0) is 14.9. The van der Waals surface area contributed by atoms with E-state index in [1.54, 1.807) is 4.90 Å². The molecule has 0 saturated carbocycles. The van der Waals surface area contributed by atoms with Crippen LogP contribution in [0.2, 0.25) is 5.15 Å². The quantitative estimate of drug-likeness (QED) is 0.748. The van der Waals surface area contributed by atoms with Crippen molar-refractivity contribution in [3.8, 4) is 0 Å². The second-order valence-corrected chi connectivity index (χ2v) is 4.86. The zero-order valence-electron chi connectivity index (χ0n) is 10.7. The number of aromatic nitrogens is 1. The van der Waals surface area contributed by atoms with Gasteiger partial charge in [0, 0.05) is 33.1 Å². The highest BCUT2D eigenvalue weighted by Crippen LogP contribution is 2.34. The molecule has 0 aromatic carbocycles. The molecule has 8 heteroatoms. The molecule has 0 spiro atoms. The number of carbonyl (C=O) groups excluding carboxylic acids is 1. The monoisotopic (exact) mass is 307 g/mol. The first-order valence-corrected chi connectivity index (χ1v) is 6.41. The predicted molar refractivity (Wildman–Crippen MR) is 68.7 cm³/mol. The summed E-state index contributed by atoms with van der Waals surface area (Å²) in [5, 5.41) is -0.552. The van der Waals surface area contributed by atoms with Crippen LogP contribution in [0.5, 0.6) is 0 Å². The van der Waals surface area contributed by atoms with Crippen molar-refractivity contribution in [2.24, 2.45) is 0 Å². The fraction of sp³-hybridized carbons (Fsp3) is 0.500. The fourth-order valence-corrected chi connectivity index (χ4v) is 2.32. The molecule has 2 heterocycles. The molecule has 1 aromatic heterocycles. The van der Waals surface area contributed by atoms with Gasteiger partial charge in [-0.25, -0.2) is 4.98 Å². The summed E-state index contributed by atoms with van der Waals surface area (Å²) in [6, 6.07) is 2.24. The maximum Gasteiger partial charge on any atom is 0.419 e. The van der Waals surface area contributed by atoms with Crippen LogP contribution >= 0.6 is 11.6 Å². The molecule has 20 heavy (non-hydrogen) atoms. The Labute approximate surface area is 119 Å². The Morgan fingerprint density at radius 1 is 1.25 bits per heavy atom. The number of pyridine rings is 1. The van der Waals surface area contributed by atoms with E-state index in [9.17, 15) is 18.0 Å². The summed E-state index contributed by atoms with van der Waals surface area (Å²) in [5.74, 6) is 0.384. The van der Waals surface area contributed by atoms with Crippen molar-refractivity contribution < 1.29 is 18.0 Å².